The van der Waals surface area contributed by atoms with Crippen LogP contribution in [0.15, 0.2) is 42.5 Å². The van der Waals surface area contributed by atoms with Gasteiger partial charge in [-0.15, -0.1) is 0 Å². The maximum Gasteiger partial charge on any atom is 0.336 e. The van der Waals surface area contributed by atoms with Gasteiger partial charge in [-0.1, -0.05) is 30.0 Å². The molecule has 4 aliphatic carbocycles. The average molecular weight is 459 g/mol. The molecule has 178 valence electrons. The quantitative estimate of drug-likeness (QED) is 0.421. The van der Waals surface area contributed by atoms with Crippen molar-refractivity contribution >= 4 is 5.97 Å². The van der Waals surface area contributed by atoms with Crippen LogP contribution < -0.4 is 0 Å². The minimum absolute atomic E-state index is 0.198. The number of aryl methyl sites for hydroxylation is 1. The second-order valence-corrected chi connectivity index (χ2v) is 10.6. The summed E-state index contributed by atoms with van der Waals surface area (Å²) in [7, 11) is 3.39. The lowest BCUT2D eigenvalue weighted by Crippen LogP contribution is -2.49. The zero-order chi connectivity index (χ0) is 23.7. The molecule has 0 atom stereocenters. The van der Waals surface area contributed by atoms with Gasteiger partial charge in [0, 0.05) is 31.8 Å². The predicted molar refractivity (Wildman–Crippen MR) is 132 cm³/mol. The zero-order valence-corrected chi connectivity index (χ0v) is 20.2. The Morgan fingerprint density at radius 3 is 2.26 bits per heavy atom. The Bertz CT molecular complexity index is 1080. The van der Waals surface area contributed by atoms with Crippen LogP contribution >= 0.6 is 0 Å². The van der Waals surface area contributed by atoms with Gasteiger partial charge in [-0.2, -0.15) is 0 Å². The van der Waals surface area contributed by atoms with Gasteiger partial charge in [0.15, 0.2) is 6.29 Å². The van der Waals surface area contributed by atoms with Crippen LogP contribution in [0.4, 0.5) is 0 Å². The van der Waals surface area contributed by atoms with Crippen LogP contribution in [0.3, 0.4) is 0 Å². The van der Waals surface area contributed by atoms with Gasteiger partial charge in [0.1, 0.15) is 0 Å². The Balaban J connectivity index is 1.51. The van der Waals surface area contributed by atoms with Crippen LogP contribution in [-0.4, -0.2) is 31.6 Å². The third-order valence-corrected chi connectivity index (χ3v) is 8.39. The minimum atomic E-state index is -0.944. The molecular weight excluding hydrogens is 424 g/mol. The molecule has 6 rings (SSSR count). The second-order valence-electron chi connectivity index (χ2n) is 10.6. The van der Waals surface area contributed by atoms with Crippen LogP contribution in [0.1, 0.15) is 77.6 Å². The molecule has 0 saturated heterocycles. The summed E-state index contributed by atoms with van der Waals surface area (Å²) in [5.41, 5.74) is 4.88. The summed E-state index contributed by atoms with van der Waals surface area (Å²) in [6.07, 6.45) is 9.66. The molecule has 2 aromatic carbocycles. The first kappa shape index (κ1) is 23.1. The van der Waals surface area contributed by atoms with Gasteiger partial charge >= 0.3 is 5.97 Å². The Kier molecular flexibility index (Phi) is 6.51. The van der Waals surface area contributed by atoms with E-state index in [1.807, 2.05) is 6.07 Å². The van der Waals surface area contributed by atoms with Crippen molar-refractivity contribution in [3.05, 3.63) is 70.3 Å². The Morgan fingerprint density at radius 1 is 1.00 bits per heavy atom. The molecule has 0 aromatic heterocycles. The molecule has 4 heteroatoms. The maximum atomic E-state index is 11.6. The van der Waals surface area contributed by atoms with Crippen LogP contribution in [0, 0.1) is 29.6 Å². The van der Waals surface area contributed by atoms with E-state index in [9.17, 15) is 9.90 Å². The number of ether oxygens (including phenoxy) is 2. The molecule has 2 aromatic rings. The summed E-state index contributed by atoms with van der Waals surface area (Å²) < 4.78 is 10.9. The number of hydrogen-bond acceptors (Lipinski definition) is 3. The summed E-state index contributed by atoms with van der Waals surface area (Å²) in [6, 6.07) is 13.6. The highest BCUT2D eigenvalue weighted by Gasteiger charge is 2.52. The molecule has 0 spiro atoms. The van der Waals surface area contributed by atoms with Crippen molar-refractivity contribution in [3.8, 4) is 11.8 Å². The van der Waals surface area contributed by atoms with Gasteiger partial charge in [0.05, 0.1) is 5.56 Å². The summed E-state index contributed by atoms with van der Waals surface area (Å²) in [6.45, 7) is 0. The van der Waals surface area contributed by atoms with Gasteiger partial charge in [-0.25, -0.2) is 4.79 Å². The third-order valence-electron chi connectivity index (χ3n) is 8.39. The monoisotopic (exact) mass is 458 g/mol. The van der Waals surface area contributed by atoms with Gasteiger partial charge in [-0.05, 0) is 104 Å². The first-order valence-corrected chi connectivity index (χ1v) is 12.5. The number of methoxy groups -OCH3 is 2. The number of rotatable bonds is 7. The van der Waals surface area contributed by atoms with Crippen molar-refractivity contribution in [2.45, 2.75) is 63.1 Å². The van der Waals surface area contributed by atoms with Crippen LogP contribution in [0.25, 0.3) is 0 Å². The highest BCUT2D eigenvalue weighted by atomic mass is 16.7. The van der Waals surface area contributed by atoms with E-state index in [0.717, 1.165) is 36.2 Å². The molecule has 1 N–H and O–H groups in total. The fourth-order valence-corrected chi connectivity index (χ4v) is 7.33. The van der Waals surface area contributed by atoms with E-state index in [0.29, 0.717) is 5.56 Å². The van der Waals surface area contributed by atoms with E-state index in [1.165, 1.54) is 49.7 Å². The molecule has 4 aliphatic rings. The average Bonchev–Trinajstić information content (AvgIpc) is 2.83. The fraction of sp³-hybridized carbons (Fsp3) is 0.500. The van der Waals surface area contributed by atoms with Gasteiger partial charge < -0.3 is 14.6 Å². The second kappa shape index (κ2) is 9.56. The molecule has 0 amide bonds. The van der Waals surface area contributed by atoms with E-state index >= 15 is 0 Å². The van der Waals surface area contributed by atoms with E-state index in [4.69, 9.17) is 9.47 Å². The van der Waals surface area contributed by atoms with Crippen LogP contribution in [0.5, 0.6) is 0 Å². The molecular formula is C30H34O4. The normalized spacial score (nSPS) is 27.0. The summed E-state index contributed by atoms with van der Waals surface area (Å²) in [4.78, 5) is 11.6. The molecule has 4 bridgehead atoms. The molecule has 4 nitrogen and oxygen atoms in total. The molecule has 0 radical (unpaired) electrons. The number of carbonyl (C=O) groups is 1. The van der Waals surface area contributed by atoms with Crippen molar-refractivity contribution in [2.24, 2.45) is 17.8 Å². The summed E-state index contributed by atoms with van der Waals surface area (Å²) in [5.74, 6) is 8.05. The fourth-order valence-electron chi connectivity index (χ4n) is 7.33. The molecule has 4 saturated carbocycles. The first-order valence-electron chi connectivity index (χ1n) is 12.5. The standard InChI is InChI=1S/C30H34O4/c1-33-28(34-2)12-11-25-10-8-20(7-9-24-5-3-4-6-26(24)29(31)32)16-27(25)30-17-21-13-22(18-30)15-23(14-21)19-30/h3-6,8,10,16,21-23,28H,11-15,17-19H2,1-2H3,(H,31,32). The van der Waals surface area contributed by atoms with Crippen LogP contribution in [0.2, 0.25) is 0 Å². The molecule has 0 unspecified atom stereocenters. The lowest BCUT2D eigenvalue weighted by molar-refractivity contribution is -0.105. The summed E-state index contributed by atoms with van der Waals surface area (Å²) in [5, 5.41) is 9.50. The van der Waals surface area contributed by atoms with Crippen LogP contribution in [-0.2, 0) is 21.3 Å². The van der Waals surface area contributed by atoms with Crippen molar-refractivity contribution < 1.29 is 19.4 Å². The SMILES string of the molecule is COC(CCc1ccc(C#Cc2ccccc2C(=O)O)cc1C12CC3CC(CC(C3)C1)C2)OC. The smallest absolute Gasteiger partial charge is 0.336 e. The summed E-state index contributed by atoms with van der Waals surface area (Å²) >= 11 is 0. The van der Waals surface area contributed by atoms with Gasteiger partial charge in [0.2, 0.25) is 0 Å². The maximum absolute atomic E-state index is 11.6. The van der Waals surface area contributed by atoms with Gasteiger partial charge in [0.25, 0.3) is 0 Å². The Labute approximate surface area is 202 Å². The lowest BCUT2D eigenvalue weighted by atomic mass is 9.47. The number of aromatic carboxylic acids is 1. The van der Waals surface area contributed by atoms with Crippen molar-refractivity contribution in [2.75, 3.05) is 14.2 Å². The Hall–Kier alpha value is -2.61. The molecule has 0 heterocycles. The minimum Gasteiger partial charge on any atom is -0.478 e. The van der Waals surface area contributed by atoms with E-state index in [1.54, 1.807) is 32.4 Å². The Morgan fingerprint density at radius 2 is 1.65 bits per heavy atom. The van der Waals surface area contributed by atoms with E-state index in [-0.39, 0.29) is 17.3 Å². The van der Waals surface area contributed by atoms with E-state index in [2.05, 4.69) is 30.0 Å². The highest BCUT2D eigenvalue weighted by molar-refractivity contribution is 5.90. The van der Waals surface area contributed by atoms with Gasteiger partial charge in [-0.3, -0.25) is 0 Å². The number of carboxylic acids is 1. The highest BCUT2D eigenvalue weighted by Crippen LogP contribution is 2.61. The zero-order valence-electron chi connectivity index (χ0n) is 20.2. The molecule has 4 fully saturated rings. The largest absolute Gasteiger partial charge is 0.478 e. The number of carboxylic acid groups (broad SMARTS) is 1. The first-order chi connectivity index (χ1) is 16.5. The number of hydrogen-bond donors (Lipinski definition) is 1. The molecule has 0 aliphatic heterocycles. The lowest BCUT2D eigenvalue weighted by Gasteiger charge is -2.57. The van der Waals surface area contributed by atoms with Crippen molar-refractivity contribution in [1.82, 2.24) is 0 Å². The predicted octanol–water partition coefficient (Wildman–Crippen LogP) is 5.80. The topological polar surface area (TPSA) is 55.8 Å². The number of benzene rings is 2. The third kappa shape index (κ3) is 4.52. The molecule has 34 heavy (non-hydrogen) atoms. The van der Waals surface area contributed by atoms with Crippen molar-refractivity contribution in [3.63, 3.8) is 0 Å². The van der Waals surface area contributed by atoms with E-state index < -0.39 is 5.97 Å². The van der Waals surface area contributed by atoms with Crippen molar-refractivity contribution in [1.29, 1.82) is 0 Å².